The summed E-state index contributed by atoms with van der Waals surface area (Å²) < 4.78 is 0. The van der Waals surface area contributed by atoms with E-state index in [2.05, 4.69) is 15.5 Å². The Bertz CT molecular complexity index is 704. The van der Waals surface area contributed by atoms with Crippen LogP contribution in [0.2, 0.25) is 0 Å². The molecule has 1 saturated heterocycles. The molecule has 1 aromatic carbocycles. The van der Waals surface area contributed by atoms with Crippen LogP contribution in [-0.4, -0.2) is 26.1 Å². The first kappa shape index (κ1) is 11.0. The van der Waals surface area contributed by atoms with Crippen molar-refractivity contribution in [1.82, 2.24) is 20.3 Å². The van der Waals surface area contributed by atoms with Crippen molar-refractivity contribution in [2.45, 2.75) is 0 Å². The average molecular weight is 260 g/mol. The molecule has 0 saturated carbocycles. The molecule has 1 fully saturated rings. The van der Waals surface area contributed by atoms with Crippen LogP contribution in [0.3, 0.4) is 0 Å². The highest BCUT2D eigenvalue weighted by molar-refractivity contribution is 8.18. The van der Waals surface area contributed by atoms with Gasteiger partial charge in [0, 0.05) is 7.05 Å². The number of nitrogens with zero attached hydrogens (tertiary/aromatic N) is 3. The molecular weight excluding hydrogens is 252 g/mol. The largest absolute Gasteiger partial charge is 0.290 e. The number of hydrogen-bond donors (Lipinski definition) is 1. The molecule has 7 heteroatoms. The number of aryl methyl sites for hydroxylation is 1. The van der Waals surface area contributed by atoms with Gasteiger partial charge in [-0.15, -0.1) is 0 Å². The number of fused-ring (bicyclic) bond motifs is 1. The molecule has 18 heavy (non-hydrogen) atoms. The molecule has 0 bridgehead atoms. The summed E-state index contributed by atoms with van der Waals surface area (Å²) in [6, 6.07) is 5.49. The van der Waals surface area contributed by atoms with Crippen molar-refractivity contribution in [2.24, 2.45) is 7.05 Å². The second-order valence-electron chi connectivity index (χ2n) is 3.79. The van der Waals surface area contributed by atoms with Crippen molar-refractivity contribution in [3.05, 3.63) is 28.7 Å². The predicted molar refractivity (Wildman–Crippen MR) is 67.6 cm³/mol. The zero-order valence-corrected chi connectivity index (χ0v) is 10.2. The van der Waals surface area contributed by atoms with Gasteiger partial charge in [0.25, 0.3) is 11.1 Å². The van der Waals surface area contributed by atoms with Crippen LogP contribution in [0.15, 0.2) is 23.1 Å². The fourth-order valence-electron chi connectivity index (χ4n) is 1.70. The predicted octanol–water partition coefficient (Wildman–Crippen LogP) is 1.29. The minimum Gasteiger partial charge on any atom is -0.282 e. The summed E-state index contributed by atoms with van der Waals surface area (Å²) in [6.07, 6.45) is 1.67. The zero-order chi connectivity index (χ0) is 12.7. The maximum Gasteiger partial charge on any atom is 0.290 e. The maximum absolute atomic E-state index is 11.4. The van der Waals surface area contributed by atoms with Crippen LogP contribution in [0.5, 0.6) is 0 Å². The van der Waals surface area contributed by atoms with E-state index in [9.17, 15) is 9.59 Å². The number of carbonyl (C=O) groups is 2. The molecule has 0 aliphatic carbocycles. The standard InChI is InChI=1S/C11H8N4O2S/c1-15-13-7-3-2-6(4-8(7)14-15)5-9-10(16)12-11(17)18-9/h2-5H,1H3,(H,12,16,17)/b9-5-. The molecule has 0 radical (unpaired) electrons. The topological polar surface area (TPSA) is 76.9 Å². The van der Waals surface area contributed by atoms with Crippen LogP contribution in [0, 0.1) is 0 Å². The van der Waals surface area contributed by atoms with Crippen LogP contribution in [-0.2, 0) is 11.8 Å². The Kier molecular flexibility index (Phi) is 2.41. The van der Waals surface area contributed by atoms with Crippen molar-refractivity contribution in [1.29, 1.82) is 0 Å². The van der Waals surface area contributed by atoms with Crippen LogP contribution in [0.4, 0.5) is 4.79 Å². The fourth-order valence-corrected chi connectivity index (χ4v) is 2.38. The van der Waals surface area contributed by atoms with Crippen LogP contribution in [0.1, 0.15) is 5.56 Å². The minimum atomic E-state index is -0.357. The van der Waals surface area contributed by atoms with E-state index in [0.717, 1.165) is 28.4 Å². The first-order valence-electron chi connectivity index (χ1n) is 5.18. The van der Waals surface area contributed by atoms with Crippen molar-refractivity contribution in [3.63, 3.8) is 0 Å². The Morgan fingerprint density at radius 2 is 2.06 bits per heavy atom. The van der Waals surface area contributed by atoms with Gasteiger partial charge in [-0.1, -0.05) is 6.07 Å². The summed E-state index contributed by atoms with van der Waals surface area (Å²) in [6.45, 7) is 0. The number of aromatic nitrogens is 3. The minimum absolute atomic E-state index is 0.341. The molecule has 1 aliphatic rings. The van der Waals surface area contributed by atoms with Gasteiger partial charge in [0.05, 0.1) is 4.91 Å². The Hall–Kier alpha value is -2.15. The highest BCUT2D eigenvalue weighted by Gasteiger charge is 2.24. The fraction of sp³-hybridized carbons (Fsp3) is 0.0909. The van der Waals surface area contributed by atoms with Gasteiger partial charge >= 0.3 is 0 Å². The average Bonchev–Trinajstić information content (AvgIpc) is 2.80. The molecule has 1 aliphatic heterocycles. The Labute approximate surface area is 106 Å². The molecule has 2 aromatic rings. The van der Waals surface area contributed by atoms with E-state index in [1.54, 1.807) is 13.1 Å². The van der Waals surface area contributed by atoms with E-state index in [0.29, 0.717) is 4.91 Å². The van der Waals surface area contributed by atoms with Crippen molar-refractivity contribution >= 4 is 40.0 Å². The maximum atomic E-state index is 11.4. The quantitative estimate of drug-likeness (QED) is 0.782. The Morgan fingerprint density at radius 1 is 1.28 bits per heavy atom. The lowest BCUT2D eigenvalue weighted by molar-refractivity contribution is -0.115. The SMILES string of the molecule is Cn1nc2ccc(/C=C3\SC(=O)NC3=O)cc2n1. The highest BCUT2D eigenvalue weighted by Crippen LogP contribution is 2.26. The number of nitrogens with one attached hydrogen (secondary N) is 1. The molecule has 2 heterocycles. The molecule has 90 valence electrons. The highest BCUT2D eigenvalue weighted by atomic mass is 32.2. The summed E-state index contributed by atoms with van der Waals surface area (Å²) >= 11 is 0.899. The van der Waals surface area contributed by atoms with E-state index < -0.39 is 0 Å². The van der Waals surface area contributed by atoms with Gasteiger partial charge < -0.3 is 0 Å². The van der Waals surface area contributed by atoms with E-state index >= 15 is 0 Å². The van der Waals surface area contributed by atoms with Crippen molar-refractivity contribution in [3.8, 4) is 0 Å². The van der Waals surface area contributed by atoms with Crippen LogP contribution in [0.25, 0.3) is 17.1 Å². The molecular formula is C11H8N4O2S. The van der Waals surface area contributed by atoms with Crippen molar-refractivity contribution < 1.29 is 9.59 Å². The third kappa shape index (κ3) is 1.88. The summed E-state index contributed by atoms with van der Waals surface area (Å²) in [5.74, 6) is -0.357. The number of amides is 2. The van der Waals surface area contributed by atoms with E-state index in [1.807, 2.05) is 18.2 Å². The normalized spacial score (nSPS) is 17.7. The Balaban J connectivity index is 2.02. The smallest absolute Gasteiger partial charge is 0.282 e. The first-order valence-corrected chi connectivity index (χ1v) is 5.99. The van der Waals surface area contributed by atoms with Gasteiger partial charge in [0.15, 0.2) is 0 Å². The van der Waals surface area contributed by atoms with Gasteiger partial charge in [-0.05, 0) is 35.5 Å². The molecule has 1 N–H and O–H groups in total. The second-order valence-corrected chi connectivity index (χ2v) is 4.80. The lowest BCUT2D eigenvalue weighted by atomic mass is 10.2. The van der Waals surface area contributed by atoms with Gasteiger partial charge in [-0.25, -0.2) is 0 Å². The first-order chi connectivity index (χ1) is 8.61. The summed E-state index contributed by atoms with van der Waals surface area (Å²) in [7, 11) is 1.75. The van der Waals surface area contributed by atoms with E-state index in [1.165, 1.54) is 4.80 Å². The molecule has 3 rings (SSSR count). The number of carbonyl (C=O) groups excluding carboxylic acids is 2. The van der Waals surface area contributed by atoms with E-state index in [-0.39, 0.29) is 11.1 Å². The number of thioether (sulfide) groups is 1. The molecule has 0 unspecified atom stereocenters. The van der Waals surface area contributed by atoms with Gasteiger partial charge in [0.1, 0.15) is 11.0 Å². The van der Waals surface area contributed by atoms with Crippen molar-refractivity contribution in [2.75, 3.05) is 0 Å². The zero-order valence-electron chi connectivity index (χ0n) is 9.38. The third-order valence-electron chi connectivity index (χ3n) is 2.44. The van der Waals surface area contributed by atoms with E-state index in [4.69, 9.17) is 0 Å². The van der Waals surface area contributed by atoms with Gasteiger partial charge in [-0.3, -0.25) is 14.9 Å². The summed E-state index contributed by atoms with van der Waals surface area (Å²) in [5, 5.41) is 10.2. The number of rotatable bonds is 1. The monoisotopic (exact) mass is 260 g/mol. The molecule has 0 atom stereocenters. The number of benzene rings is 1. The number of imide groups is 1. The van der Waals surface area contributed by atoms with Crippen LogP contribution < -0.4 is 5.32 Å². The van der Waals surface area contributed by atoms with Crippen LogP contribution >= 0.6 is 11.8 Å². The summed E-state index contributed by atoms with van der Waals surface area (Å²) in [4.78, 5) is 24.3. The number of hydrogen-bond acceptors (Lipinski definition) is 5. The molecule has 0 spiro atoms. The molecule has 6 nitrogen and oxygen atoms in total. The second kappa shape index (κ2) is 3.95. The lowest BCUT2D eigenvalue weighted by Gasteiger charge is -1.94. The van der Waals surface area contributed by atoms with Gasteiger partial charge in [-0.2, -0.15) is 15.0 Å². The molecule has 1 aromatic heterocycles. The Morgan fingerprint density at radius 3 is 2.78 bits per heavy atom. The summed E-state index contributed by atoms with van der Waals surface area (Å²) in [5.41, 5.74) is 2.36. The lowest BCUT2D eigenvalue weighted by Crippen LogP contribution is -2.17. The third-order valence-corrected chi connectivity index (χ3v) is 3.25. The van der Waals surface area contributed by atoms with Gasteiger partial charge in [0.2, 0.25) is 0 Å². The molecule has 2 amide bonds.